The van der Waals surface area contributed by atoms with Crippen molar-refractivity contribution >= 4 is 6.29 Å². The first kappa shape index (κ1) is 15.7. The van der Waals surface area contributed by atoms with Crippen molar-refractivity contribution in [2.45, 2.75) is 6.18 Å². The number of carbonyl (C=O) groups excluding carboxylic acids is 1. The van der Waals surface area contributed by atoms with Gasteiger partial charge in [0.2, 0.25) is 11.7 Å². The van der Waals surface area contributed by atoms with E-state index in [-0.39, 0.29) is 17.7 Å². The minimum Gasteiger partial charge on any atom is -0.497 e. The van der Waals surface area contributed by atoms with Crippen LogP contribution in [0.3, 0.4) is 0 Å². The number of halogens is 3. The molecule has 0 aliphatic carbocycles. The zero-order chi connectivity index (χ0) is 16.5. The Morgan fingerprint density at radius 3 is 2.45 bits per heavy atom. The molecule has 1 aromatic heterocycles. The first-order valence-corrected chi connectivity index (χ1v) is 5.90. The van der Waals surface area contributed by atoms with Gasteiger partial charge >= 0.3 is 6.18 Å². The van der Waals surface area contributed by atoms with Gasteiger partial charge in [0, 0.05) is 6.07 Å². The van der Waals surface area contributed by atoms with Gasteiger partial charge in [-0.25, -0.2) is 4.98 Å². The van der Waals surface area contributed by atoms with Crippen molar-refractivity contribution in [2.24, 2.45) is 0 Å². The quantitative estimate of drug-likeness (QED) is 0.877. The largest absolute Gasteiger partial charge is 0.497 e. The summed E-state index contributed by atoms with van der Waals surface area (Å²) in [6.07, 6.45) is -4.83. The lowest BCUT2D eigenvalue weighted by Crippen LogP contribution is -2.14. The number of aromatic hydroxyl groups is 1. The molecule has 1 aromatic carbocycles. The maximum absolute atomic E-state index is 13.1. The fraction of sp³-hybridized carbons (Fsp3) is 0.231. The van der Waals surface area contributed by atoms with Crippen LogP contribution < -0.4 is 9.47 Å². The van der Waals surface area contributed by atoms with E-state index in [0.29, 0.717) is 10.3 Å². The van der Waals surface area contributed by atoms with Crippen LogP contribution in [0.1, 0.15) is 16.3 Å². The molecule has 0 saturated carbocycles. The summed E-state index contributed by atoms with van der Waals surface area (Å²) in [5.41, 5.74) is -0.848. The number of hydrogen-bond acceptors (Lipinski definition) is 5. The van der Waals surface area contributed by atoms with Crippen LogP contribution in [0.4, 0.5) is 13.2 Å². The first-order chi connectivity index (χ1) is 10.3. The summed E-state index contributed by atoms with van der Waals surface area (Å²) in [5.74, 6) is -2.00. The Kier molecular flexibility index (Phi) is 3.98. The summed E-state index contributed by atoms with van der Waals surface area (Å²) in [6.45, 7) is 0. The van der Waals surface area contributed by atoms with Gasteiger partial charge in [0.15, 0.2) is 12.0 Å². The number of methoxy groups -OCH3 is 2. The van der Waals surface area contributed by atoms with E-state index in [4.69, 9.17) is 9.47 Å². The Bertz CT molecular complexity index is 710. The molecular formula is C13H11F3N2O4. The molecule has 0 radical (unpaired) electrons. The fourth-order valence-electron chi connectivity index (χ4n) is 1.90. The molecule has 0 atom stereocenters. The van der Waals surface area contributed by atoms with Crippen LogP contribution in [-0.2, 0) is 6.18 Å². The Morgan fingerprint density at radius 2 is 1.95 bits per heavy atom. The van der Waals surface area contributed by atoms with Gasteiger partial charge in [0.1, 0.15) is 11.5 Å². The maximum atomic E-state index is 13.1. The Balaban J connectivity index is 2.76. The molecule has 9 heteroatoms. The second kappa shape index (κ2) is 5.58. The Labute approximate surface area is 122 Å². The zero-order valence-electron chi connectivity index (χ0n) is 11.5. The number of alkyl halides is 3. The van der Waals surface area contributed by atoms with Gasteiger partial charge in [0.25, 0.3) is 0 Å². The van der Waals surface area contributed by atoms with Crippen molar-refractivity contribution < 1.29 is 32.5 Å². The number of imidazole rings is 1. The van der Waals surface area contributed by atoms with Gasteiger partial charge in [-0.05, 0) is 12.1 Å². The molecule has 1 heterocycles. The molecule has 118 valence electrons. The lowest BCUT2D eigenvalue weighted by molar-refractivity contribution is -0.146. The van der Waals surface area contributed by atoms with E-state index < -0.39 is 23.6 Å². The van der Waals surface area contributed by atoms with Crippen LogP contribution in [0.5, 0.6) is 17.4 Å². The van der Waals surface area contributed by atoms with Crippen molar-refractivity contribution in [3.05, 3.63) is 29.7 Å². The molecule has 0 unspecified atom stereocenters. The second-order valence-corrected chi connectivity index (χ2v) is 4.13. The first-order valence-electron chi connectivity index (χ1n) is 5.90. The third-order valence-electron chi connectivity index (χ3n) is 2.87. The van der Waals surface area contributed by atoms with Crippen LogP contribution >= 0.6 is 0 Å². The molecule has 0 amide bonds. The minimum atomic E-state index is -4.87. The molecule has 22 heavy (non-hydrogen) atoms. The smallest absolute Gasteiger partial charge is 0.450 e. The predicted octanol–water partition coefficient (Wildman–Crippen LogP) is 2.43. The molecular weight excluding hydrogens is 305 g/mol. The lowest BCUT2D eigenvalue weighted by Gasteiger charge is -2.15. The van der Waals surface area contributed by atoms with Crippen molar-refractivity contribution in [3.8, 4) is 23.1 Å². The standard InChI is InChI=1S/C13H11F3N2O4/c1-21-7-3-4-9(10(5-7)22-2)18-11(20)8(6-19)17-12(18)13(14,15)16/h3-6,20H,1-2H3. The number of hydrogen-bond donors (Lipinski definition) is 1. The van der Waals surface area contributed by atoms with Crippen molar-refractivity contribution in [1.82, 2.24) is 9.55 Å². The van der Waals surface area contributed by atoms with Crippen LogP contribution in [0.2, 0.25) is 0 Å². The number of ether oxygens (including phenoxy) is 2. The third-order valence-corrected chi connectivity index (χ3v) is 2.87. The fourth-order valence-corrected chi connectivity index (χ4v) is 1.90. The van der Waals surface area contributed by atoms with E-state index >= 15 is 0 Å². The molecule has 0 spiro atoms. The molecule has 6 nitrogen and oxygen atoms in total. The molecule has 1 N–H and O–H groups in total. The number of aromatic nitrogens is 2. The molecule has 0 aliphatic rings. The highest BCUT2D eigenvalue weighted by Crippen LogP contribution is 2.38. The third kappa shape index (κ3) is 2.57. The predicted molar refractivity (Wildman–Crippen MR) is 68.7 cm³/mol. The van der Waals surface area contributed by atoms with Gasteiger partial charge in [-0.1, -0.05) is 0 Å². The average molecular weight is 316 g/mol. The van der Waals surface area contributed by atoms with Gasteiger partial charge in [-0.15, -0.1) is 0 Å². The zero-order valence-corrected chi connectivity index (χ0v) is 11.5. The number of aldehydes is 1. The Hall–Kier alpha value is -2.71. The van der Waals surface area contributed by atoms with E-state index in [0.717, 1.165) is 0 Å². The highest BCUT2D eigenvalue weighted by atomic mass is 19.4. The van der Waals surface area contributed by atoms with Crippen molar-refractivity contribution in [2.75, 3.05) is 14.2 Å². The normalized spacial score (nSPS) is 11.3. The lowest BCUT2D eigenvalue weighted by atomic mass is 10.2. The van der Waals surface area contributed by atoms with E-state index in [2.05, 4.69) is 4.98 Å². The van der Waals surface area contributed by atoms with E-state index in [1.165, 1.54) is 32.4 Å². The number of carbonyl (C=O) groups is 1. The molecule has 0 bridgehead atoms. The van der Waals surface area contributed by atoms with Crippen LogP contribution in [-0.4, -0.2) is 35.2 Å². The summed E-state index contributed by atoms with van der Waals surface area (Å²) >= 11 is 0. The maximum Gasteiger partial charge on any atom is 0.450 e. The molecule has 0 saturated heterocycles. The minimum absolute atomic E-state index is 0.00926. The summed E-state index contributed by atoms with van der Waals surface area (Å²) in [6, 6.07) is 3.98. The van der Waals surface area contributed by atoms with Gasteiger partial charge < -0.3 is 14.6 Å². The topological polar surface area (TPSA) is 73.6 Å². The molecule has 0 aliphatic heterocycles. The molecule has 2 rings (SSSR count). The SMILES string of the molecule is COc1ccc(-n2c(C(F)(F)F)nc(C=O)c2O)c(OC)c1. The average Bonchev–Trinajstić information content (AvgIpc) is 2.83. The summed E-state index contributed by atoms with van der Waals surface area (Å²) in [5, 5.41) is 9.86. The van der Waals surface area contributed by atoms with Crippen molar-refractivity contribution in [3.63, 3.8) is 0 Å². The number of benzene rings is 1. The van der Waals surface area contributed by atoms with Crippen LogP contribution in [0.15, 0.2) is 18.2 Å². The van der Waals surface area contributed by atoms with Crippen LogP contribution in [0.25, 0.3) is 5.69 Å². The molecule has 0 fully saturated rings. The van der Waals surface area contributed by atoms with Gasteiger partial charge in [-0.3, -0.25) is 9.36 Å². The van der Waals surface area contributed by atoms with Gasteiger partial charge in [0.05, 0.1) is 19.9 Å². The summed E-state index contributed by atoms with van der Waals surface area (Å²) in [4.78, 5) is 13.9. The van der Waals surface area contributed by atoms with E-state index in [1.54, 1.807) is 0 Å². The highest BCUT2D eigenvalue weighted by Gasteiger charge is 2.40. The van der Waals surface area contributed by atoms with Crippen molar-refractivity contribution in [1.29, 1.82) is 0 Å². The van der Waals surface area contributed by atoms with E-state index in [1.807, 2.05) is 0 Å². The second-order valence-electron chi connectivity index (χ2n) is 4.13. The van der Waals surface area contributed by atoms with Crippen LogP contribution in [0, 0.1) is 0 Å². The Morgan fingerprint density at radius 1 is 1.27 bits per heavy atom. The molecule has 2 aromatic rings. The summed E-state index contributed by atoms with van der Waals surface area (Å²) in [7, 11) is 2.63. The number of rotatable bonds is 4. The van der Waals surface area contributed by atoms with E-state index in [9.17, 15) is 23.1 Å². The number of nitrogens with zero attached hydrogens (tertiary/aromatic N) is 2. The monoisotopic (exact) mass is 316 g/mol. The highest BCUT2D eigenvalue weighted by molar-refractivity contribution is 5.76. The summed E-state index contributed by atoms with van der Waals surface area (Å²) < 4.78 is 49.6. The van der Waals surface area contributed by atoms with Gasteiger partial charge in [-0.2, -0.15) is 13.2 Å².